The summed E-state index contributed by atoms with van der Waals surface area (Å²) in [5, 5.41) is 11.3. The van der Waals surface area contributed by atoms with Crippen LogP contribution in [0.25, 0.3) is 0 Å². The maximum Gasteiger partial charge on any atom is 0.237 e. The number of nitrogens with two attached hydrogens (primary N) is 1. The molecule has 0 aromatic heterocycles. The summed E-state index contributed by atoms with van der Waals surface area (Å²) in [7, 11) is 0. The Morgan fingerprint density at radius 1 is 1.44 bits per heavy atom. The van der Waals surface area contributed by atoms with Gasteiger partial charge in [0.2, 0.25) is 5.91 Å². The molecule has 6 nitrogen and oxygen atoms in total. The minimum atomic E-state index is -0.888. The van der Waals surface area contributed by atoms with Crippen molar-refractivity contribution in [2.45, 2.75) is 39.3 Å². The molecular formula is C12H21N3O3. The molecule has 6 heteroatoms. The second-order valence-electron chi connectivity index (χ2n) is 4.05. The number of hydrogen-bond acceptors (Lipinski definition) is 5. The largest absolute Gasteiger partial charge is 0.394 e. The highest BCUT2D eigenvalue weighted by Crippen LogP contribution is 2.03. The van der Waals surface area contributed by atoms with E-state index < -0.39 is 24.6 Å². The Morgan fingerprint density at radius 2 is 2.06 bits per heavy atom. The fourth-order valence-corrected chi connectivity index (χ4v) is 1.25. The molecule has 2 atom stereocenters. The average Bonchev–Trinajstić information content (AvgIpc) is 2.32. The molecule has 4 N–H and O–H groups in total. The average molecular weight is 255 g/mol. The molecule has 0 rings (SSSR count). The van der Waals surface area contributed by atoms with Gasteiger partial charge in [0.1, 0.15) is 6.04 Å². The summed E-state index contributed by atoms with van der Waals surface area (Å²) < 4.78 is 0. The Kier molecular flexibility index (Phi) is 7.82. The number of nitrogens with zero attached hydrogens (tertiary/aromatic N) is 1. The summed E-state index contributed by atoms with van der Waals surface area (Å²) in [5.74, 6) is -0.765. The molecule has 0 saturated heterocycles. The molecule has 0 aliphatic rings. The minimum absolute atomic E-state index is 0.305. The number of Topliss-reactive ketones (excluding diaryl/α,β-unsaturated/α-hetero) is 1. The Hall–Kier alpha value is -1.53. The quantitative estimate of drug-likeness (QED) is 0.546. The number of aliphatic hydroxyl groups excluding tert-OH is 1. The maximum atomic E-state index is 11.7. The summed E-state index contributed by atoms with van der Waals surface area (Å²) >= 11 is 0. The van der Waals surface area contributed by atoms with E-state index in [1.165, 1.54) is 6.92 Å². The number of amides is 1. The molecule has 1 amide bonds. The van der Waals surface area contributed by atoms with Crippen LogP contribution < -0.4 is 11.1 Å². The summed E-state index contributed by atoms with van der Waals surface area (Å²) in [6.07, 6.45) is 3.60. The van der Waals surface area contributed by atoms with Crippen LogP contribution in [0.4, 0.5) is 0 Å². The number of hydrogen-bond donors (Lipinski definition) is 3. The molecule has 0 aliphatic heterocycles. The van der Waals surface area contributed by atoms with Gasteiger partial charge in [0.25, 0.3) is 0 Å². The number of rotatable bonds is 7. The maximum absolute atomic E-state index is 11.7. The molecule has 0 bridgehead atoms. The van der Waals surface area contributed by atoms with Crippen molar-refractivity contribution in [2.75, 3.05) is 6.61 Å². The lowest BCUT2D eigenvalue weighted by Crippen LogP contribution is -2.49. The number of aliphatic imine (C=N–C) groups is 1. The fraction of sp³-hybridized carbons (Fsp3) is 0.583. The van der Waals surface area contributed by atoms with E-state index in [9.17, 15) is 9.59 Å². The van der Waals surface area contributed by atoms with Crippen molar-refractivity contribution in [1.29, 1.82) is 0 Å². The van der Waals surface area contributed by atoms with Crippen LogP contribution in [-0.2, 0) is 9.59 Å². The summed E-state index contributed by atoms with van der Waals surface area (Å²) in [6, 6.07) is -1.65. The van der Waals surface area contributed by atoms with E-state index in [4.69, 9.17) is 10.8 Å². The predicted octanol–water partition coefficient (Wildman–Crippen LogP) is -0.236. The van der Waals surface area contributed by atoms with Crippen molar-refractivity contribution < 1.29 is 14.7 Å². The Balaban J connectivity index is 4.38. The fourth-order valence-electron chi connectivity index (χ4n) is 1.25. The highest BCUT2D eigenvalue weighted by Gasteiger charge is 2.20. The van der Waals surface area contributed by atoms with E-state index >= 15 is 0 Å². The van der Waals surface area contributed by atoms with Crippen LogP contribution in [0.1, 0.15) is 27.2 Å². The first-order valence-corrected chi connectivity index (χ1v) is 5.73. The molecule has 0 spiro atoms. The van der Waals surface area contributed by atoms with Gasteiger partial charge in [-0.2, -0.15) is 0 Å². The molecule has 0 aliphatic carbocycles. The third-order valence-corrected chi connectivity index (χ3v) is 2.31. The topological polar surface area (TPSA) is 105 Å². The number of carbonyl (C=O) groups is 2. The van der Waals surface area contributed by atoms with Gasteiger partial charge in [-0.1, -0.05) is 5.57 Å². The van der Waals surface area contributed by atoms with Crippen LogP contribution in [0.5, 0.6) is 0 Å². The number of nitrogens with one attached hydrogen (secondary N) is 1. The molecule has 0 fully saturated rings. The standard InChI is InChI=1S/C12H21N3O3/c1-4-14-6-8(2)5-10(13)12(18)15-11(7-16)9(3)17/h4,6,10-11,16H,5,7,13H2,1-3H3,(H,15,18)/b8-6+,14-4?/t10-,11-/m0/s1. The molecule has 0 radical (unpaired) electrons. The van der Waals surface area contributed by atoms with Gasteiger partial charge in [-0.05, 0) is 27.2 Å². The third kappa shape index (κ3) is 6.27. The number of ketones is 1. The molecule has 0 unspecified atom stereocenters. The molecule has 102 valence electrons. The number of carbonyl (C=O) groups excluding carboxylic acids is 2. The van der Waals surface area contributed by atoms with Crippen molar-refractivity contribution in [2.24, 2.45) is 10.7 Å². The van der Waals surface area contributed by atoms with E-state index in [1.807, 2.05) is 6.92 Å². The van der Waals surface area contributed by atoms with Gasteiger partial charge in [-0.15, -0.1) is 0 Å². The molecule has 0 heterocycles. The van der Waals surface area contributed by atoms with Gasteiger partial charge in [-0.25, -0.2) is 0 Å². The van der Waals surface area contributed by atoms with Crippen LogP contribution >= 0.6 is 0 Å². The van der Waals surface area contributed by atoms with Gasteiger partial charge in [0.15, 0.2) is 5.78 Å². The lowest BCUT2D eigenvalue weighted by Gasteiger charge is -2.17. The summed E-state index contributed by atoms with van der Waals surface area (Å²) in [4.78, 5) is 26.6. The minimum Gasteiger partial charge on any atom is -0.394 e. The van der Waals surface area contributed by atoms with Gasteiger partial charge in [0, 0.05) is 12.4 Å². The molecular weight excluding hydrogens is 234 g/mol. The van der Waals surface area contributed by atoms with Gasteiger partial charge >= 0.3 is 0 Å². The van der Waals surface area contributed by atoms with E-state index in [-0.39, 0.29) is 5.78 Å². The summed E-state index contributed by atoms with van der Waals surface area (Å²) in [6.45, 7) is 4.47. The van der Waals surface area contributed by atoms with Crippen molar-refractivity contribution in [3.63, 3.8) is 0 Å². The highest BCUT2D eigenvalue weighted by molar-refractivity contribution is 5.89. The zero-order valence-electron chi connectivity index (χ0n) is 11.0. The number of aliphatic hydroxyl groups is 1. The van der Waals surface area contributed by atoms with Crippen molar-refractivity contribution in [3.05, 3.63) is 11.8 Å². The molecule has 0 aromatic carbocycles. The highest BCUT2D eigenvalue weighted by atomic mass is 16.3. The van der Waals surface area contributed by atoms with Gasteiger partial charge in [-0.3, -0.25) is 14.6 Å². The second kappa shape index (κ2) is 8.54. The molecule has 18 heavy (non-hydrogen) atoms. The zero-order chi connectivity index (χ0) is 14.1. The normalized spacial score (nSPS) is 15.5. The zero-order valence-corrected chi connectivity index (χ0v) is 11.0. The molecule has 0 aromatic rings. The SMILES string of the molecule is CC=N/C=C(\C)C[C@H](N)C(=O)N[C@@H](CO)C(C)=O. The lowest BCUT2D eigenvalue weighted by molar-refractivity contribution is -0.128. The monoisotopic (exact) mass is 255 g/mol. The third-order valence-electron chi connectivity index (χ3n) is 2.31. The van der Waals surface area contributed by atoms with Crippen molar-refractivity contribution in [3.8, 4) is 0 Å². The summed E-state index contributed by atoms with van der Waals surface area (Å²) in [5.41, 5.74) is 6.56. The van der Waals surface area contributed by atoms with Gasteiger partial charge < -0.3 is 16.2 Å². The van der Waals surface area contributed by atoms with Crippen molar-refractivity contribution >= 4 is 17.9 Å². The van der Waals surface area contributed by atoms with Crippen LogP contribution in [-0.4, -0.2) is 41.7 Å². The lowest BCUT2D eigenvalue weighted by atomic mass is 10.1. The predicted molar refractivity (Wildman–Crippen MR) is 70.2 cm³/mol. The van der Waals surface area contributed by atoms with E-state index in [1.54, 1.807) is 19.3 Å². The van der Waals surface area contributed by atoms with Crippen LogP contribution in [0, 0.1) is 0 Å². The second-order valence-corrected chi connectivity index (χ2v) is 4.05. The Labute approximate surface area is 107 Å². The van der Waals surface area contributed by atoms with Crippen molar-refractivity contribution in [1.82, 2.24) is 5.32 Å². The van der Waals surface area contributed by atoms with Gasteiger partial charge in [0.05, 0.1) is 12.6 Å². The van der Waals surface area contributed by atoms with Crippen LogP contribution in [0.2, 0.25) is 0 Å². The van der Waals surface area contributed by atoms with E-state index in [2.05, 4.69) is 10.3 Å². The first kappa shape index (κ1) is 16.5. The molecule has 0 saturated carbocycles. The van der Waals surface area contributed by atoms with E-state index in [0.29, 0.717) is 6.42 Å². The Morgan fingerprint density at radius 3 is 2.50 bits per heavy atom. The smallest absolute Gasteiger partial charge is 0.237 e. The first-order valence-electron chi connectivity index (χ1n) is 5.73. The van der Waals surface area contributed by atoms with Crippen LogP contribution in [0.3, 0.4) is 0 Å². The Bertz CT molecular complexity index is 350. The first-order chi connectivity index (χ1) is 8.42. The van der Waals surface area contributed by atoms with Crippen LogP contribution in [0.15, 0.2) is 16.8 Å². The van der Waals surface area contributed by atoms with E-state index in [0.717, 1.165) is 5.57 Å².